The molecule has 140 valence electrons. The van der Waals surface area contributed by atoms with Gasteiger partial charge in [0.1, 0.15) is 0 Å². The average Bonchev–Trinajstić information content (AvgIpc) is 3.37. The molecule has 0 bridgehead atoms. The van der Waals surface area contributed by atoms with Crippen LogP contribution in [-0.2, 0) is 13.1 Å². The molecule has 1 saturated heterocycles. The van der Waals surface area contributed by atoms with Crippen molar-refractivity contribution in [3.05, 3.63) is 52.6 Å². The predicted octanol–water partition coefficient (Wildman–Crippen LogP) is 2.33. The number of nitrogens with one attached hydrogen (secondary N) is 2. The number of thiazole rings is 1. The van der Waals surface area contributed by atoms with Gasteiger partial charge in [0.2, 0.25) is 0 Å². The predicted molar refractivity (Wildman–Crippen MR) is 104 cm³/mol. The van der Waals surface area contributed by atoms with E-state index in [2.05, 4.69) is 25.9 Å². The first-order valence-corrected chi connectivity index (χ1v) is 10.0. The van der Waals surface area contributed by atoms with Gasteiger partial charge in [0.25, 0.3) is 5.91 Å². The van der Waals surface area contributed by atoms with Gasteiger partial charge in [-0.1, -0.05) is 35.5 Å². The molecule has 0 radical (unpaired) electrons. The lowest BCUT2D eigenvalue weighted by molar-refractivity contribution is 0.0946. The first-order chi connectivity index (χ1) is 13.3. The Morgan fingerprint density at radius 3 is 3.04 bits per heavy atom. The summed E-state index contributed by atoms with van der Waals surface area (Å²) in [6.07, 6.45) is 4.10. The van der Waals surface area contributed by atoms with Gasteiger partial charge < -0.3 is 10.6 Å². The summed E-state index contributed by atoms with van der Waals surface area (Å²) >= 11 is 1.54. The Hall–Kier alpha value is -2.58. The number of hydrogen-bond donors (Lipinski definition) is 2. The summed E-state index contributed by atoms with van der Waals surface area (Å²) in [5.74, 6) is 0.331. The molecule has 1 atom stereocenters. The number of rotatable bonds is 6. The number of piperidine rings is 1. The average molecular weight is 382 g/mol. The molecule has 3 heterocycles. The molecule has 0 spiro atoms. The molecule has 3 aromatic rings. The monoisotopic (exact) mass is 382 g/mol. The smallest absolute Gasteiger partial charge is 0.273 e. The number of carbonyl (C=O) groups excluding carboxylic acids is 1. The van der Waals surface area contributed by atoms with E-state index in [-0.39, 0.29) is 5.91 Å². The maximum atomic E-state index is 12.4. The van der Waals surface area contributed by atoms with E-state index >= 15 is 0 Å². The Morgan fingerprint density at radius 2 is 2.22 bits per heavy atom. The van der Waals surface area contributed by atoms with Crippen LogP contribution >= 0.6 is 11.3 Å². The minimum absolute atomic E-state index is 0.213. The largest absolute Gasteiger partial charge is 0.346 e. The highest BCUT2D eigenvalue weighted by Crippen LogP contribution is 2.25. The second-order valence-corrected chi connectivity index (χ2v) is 7.65. The molecule has 0 aliphatic carbocycles. The van der Waals surface area contributed by atoms with Crippen molar-refractivity contribution in [2.75, 3.05) is 13.1 Å². The van der Waals surface area contributed by atoms with E-state index in [1.54, 1.807) is 16.4 Å². The number of amides is 1. The van der Waals surface area contributed by atoms with E-state index in [4.69, 9.17) is 0 Å². The number of benzene rings is 1. The summed E-state index contributed by atoms with van der Waals surface area (Å²) in [5.41, 5.74) is 4.12. The number of carbonyl (C=O) groups is 1. The van der Waals surface area contributed by atoms with Crippen LogP contribution < -0.4 is 10.6 Å². The van der Waals surface area contributed by atoms with Crippen LogP contribution in [0.5, 0.6) is 0 Å². The molecule has 2 aromatic heterocycles. The Kier molecular flexibility index (Phi) is 5.55. The fourth-order valence-corrected chi connectivity index (χ4v) is 4.04. The zero-order valence-electron chi connectivity index (χ0n) is 15.0. The molecule has 1 aromatic carbocycles. The third kappa shape index (κ3) is 4.40. The van der Waals surface area contributed by atoms with E-state index < -0.39 is 0 Å². The molecule has 8 heteroatoms. The van der Waals surface area contributed by atoms with Crippen LogP contribution in [-0.4, -0.2) is 39.0 Å². The summed E-state index contributed by atoms with van der Waals surface area (Å²) in [7, 11) is 0. The molecule has 2 N–H and O–H groups in total. The number of hydrogen-bond acceptors (Lipinski definition) is 6. The van der Waals surface area contributed by atoms with Crippen molar-refractivity contribution < 1.29 is 4.79 Å². The molecule has 1 amide bonds. The Morgan fingerprint density at radius 1 is 1.33 bits per heavy atom. The van der Waals surface area contributed by atoms with Crippen molar-refractivity contribution in [1.29, 1.82) is 0 Å². The van der Waals surface area contributed by atoms with E-state index in [9.17, 15) is 4.79 Å². The fraction of sp³-hybridized carbons (Fsp3) is 0.368. The summed E-state index contributed by atoms with van der Waals surface area (Å²) in [6.45, 7) is 3.30. The maximum Gasteiger partial charge on any atom is 0.273 e. The van der Waals surface area contributed by atoms with Crippen LogP contribution in [0.25, 0.3) is 11.3 Å². The van der Waals surface area contributed by atoms with Crippen LogP contribution in [0, 0.1) is 5.92 Å². The lowest BCUT2D eigenvalue weighted by Gasteiger charge is -2.22. The molecule has 1 aliphatic rings. The van der Waals surface area contributed by atoms with E-state index in [0.717, 1.165) is 35.8 Å². The van der Waals surface area contributed by atoms with E-state index in [1.165, 1.54) is 24.2 Å². The molecule has 0 saturated carbocycles. The highest BCUT2D eigenvalue weighted by molar-refractivity contribution is 7.10. The van der Waals surface area contributed by atoms with Gasteiger partial charge in [-0.25, -0.2) is 4.98 Å². The van der Waals surface area contributed by atoms with Gasteiger partial charge in [-0.15, -0.1) is 16.4 Å². The van der Waals surface area contributed by atoms with Crippen molar-refractivity contribution in [2.45, 2.75) is 25.9 Å². The summed E-state index contributed by atoms with van der Waals surface area (Å²) in [6, 6.07) is 9.98. The minimum atomic E-state index is -0.213. The minimum Gasteiger partial charge on any atom is -0.346 e. The SMILES string of the molecule is O=C(NCc1scnc1-c1ccccc1)c1cn(CC2CCCNC2)nn1. The van der Waals surface area contributed by atoms with Crippen LogP contribution in [0.2, 0.25) is 0 Å². The zero-order chi connectivity index (χ0) is 18.5. The molecule has 1 aliphatic heterocycles. The first-order valence-electron chi connectivity index (χ1n) is 9.16. The molecular weight excluding hydrogens is 360 g/mol. The van der Waals surface area contributed by atoms with Gasteiger partial charge in [-0.2, -0.15) is 0 Å². The van der Waals surface area contributed by atoms with Crippen molar-refractivity contribution in [3.63, 3.8) is 0 Å². The van der Waals surface area contributed by atoms with Gasteiger partial charge >= 0.3 is 0 Å². The Labute approximate surface area is 161 Å². The van der Waals surface area contributed by atoms with Crippen molar-refractivity contribution in [3.8, 4) is 11.3 Å². The van der Waals surface area contributed by atoms with Crippen molar-refractivity contribution in [2.24, 2.45) is 5.92 Å². The lowest BCUT2D eigenvalue weighted by Crippen LogP contribution is -2.32. The molecule has 27 heavy (non-hydrogen) atoms. The number of nitrogens with zero attached hydrogens (tertiary/aromatic N) is 4. The van der Waals surface area contributed by atoms with Crippen LogP contribution in [0.1, 0.15) is 28.2 Å². The summed E-state index contributed by atoms with van der Waals surface area (Å²) in [5, 5.41) is 14.5. The topological polar surface area (TPSA) is 84.7 Å². The van der Waals surface area contributed by atoms with E-state index in [0.29, 0.717) is 18.2 Å². The van der Waals surface area contributed by atoms with Gasteiger partial charge in [0, 0.05) is 12.1 Å². The fourth-order valence-electron chi connectivity index (χ4n) is 3.31. The Bertz CT molecular complexity index is 885. The second-order valence-electron chi connectivity index (χ2n) is 6.71. The maximum absolute atomic E-state index is 12.4. The highest BCUT2D eigenvalue weighted by atomic mass is 32.1. The summed E-state index contributed by atoms with van der Waals surface area (Å²) in [4.78, 5) is 17.9. The standard InChI is InChI=1S/C19H22N6OS/c26-19(16-12-25(24-23-16)11-14-5-4-8-20-9-14)21-10-17-18(22-13-27-17)15-6-2-1-3-7-15/h1-3,6-7,12-14,20H,4-5,8-11H2,(H,21,26). The quantitative estimate of drug-likeness (QED) is 0.684. The molecule has 7 nitrogen and oxygen atoms in total. The van der Waals surface area contributed by atoms with Gasteiger partial charge in [0.05, 0.1) is 28.8 Å². The van der Waals surface area contributed by atoms with Crippen molar-refractivity contribution in [1.82, 2.24) is 30.6 Å². The lowest BCUT2D eigenvalue weighted by atomic mass is 10.00. The van der Waals surface area contributed by atoms with Crippen LogP contribution in [0.3, 0.4) is 0 Å². The number of aromatic nitrogens is 4. The third-order valence-corrected chi connectivity index (χ3v) is 5.55. The highest BCUT2D eigenvalue weighted by Gasteiger charge is 2.17. The van der Waals surface area contributed by atoms with Gasteiger partial charge in [-0.05, 0) is 31.8 Å². The van der Waals surface area contributed by atoms with Crippen molar-refractivity contribution >= 4 is 17.2 Å². The summed E-state index contributed by atoms with van der Waals surface area (Å²) < 4.78 is 1.77. The molecule has 1 unspecified atom stereocenters. The molecule has 4 rings (SSSR count). The van der Waals surface area contributed by atoms with Gasteiger partial charge in [0.15, 0.2) is 5.69 Å². The van der Waals surface area contributed by atoms with Crippen LogP contribution in [0.4, 0.5) is 0 Å². The molecule has 1 fully saturated rings. The van der Waals surface area contributed by atoms with Gasteiger partial charge in [-0.3, -0.25) is 9.48 Å². The normalized spacial score (nSPS) is 17.0. The van der Waals surface area contributed by atoms with E-state index in [1.807, 2.05) is 30.3 Å². The zero-order valence-corrected chi connectivity index (χ0v) is 15.8. The second kappa shape index (κ2) is 8.41. The van der Waals surface area contributed by atoms with Crippen LogP contribution in [0.15, 0.2) is 42.0 Å². The Balaban J connectivity index is 1.36. The third-order valence-electron chi connectivity index (χ3n) is 4.71. The first kappa shape index (κ1) is 17.8. The molecular formula is C19H22N6OS.